The highest BCUT2D eigenvalue weighted by Crippen LogP contribution is 2.19. The van der Waals surface area contributed by atoms with Crippen LogP contribution in [0.15, 0.2) is 30.5 Å². The minimum atomic E-state index is -0.282. The predicted molar refractivity (Wildman–Crippen MR) is 76.9 cm³/mol. The fourth-order valence-corrected chi connectivity index (χ4v) is 1.39. The van der Waals surface area contributed by atoms with Crippen LogP contribution in [0.25, 0.3) is 0 Å². The van der Waals surface area contributed by atoms with Crippen LogP contribution in [0.1, 0.15) is 26.3 Å². The van der Waals surface area contributed by atoms with E-state index in [-0.39, 0.29) is 11.4 Å². The molecule has 0 aliphatic rings. The highest BCUT2D eigenvalue weighted by atomic mass is 35.5. The molecule has 0 saturated heterocycles. The summed E-state index contributed by atoms with van der Waals surface area (Å²) < 4.78 is 0. The van der Waals surface area contributed by atoms with Crippen LogP contribution in [-0.4, -0.2) is 6.03 Å². The minimum absolute atomic E-state index is 0.0421. The standard InChI is InChI=1S/C14H19ClN2O/c1-10-5-6-11(9-12(10)15)17-13(18)16-8-7-14(2,3)4/h5-9H,1-4H3,(H2,16,17,18)/b8-7+. The molecule has 3 nitrogen and oxygen atoms in total. The Morgan fingerprint density at radius 1 is 1.33 bits per heavy atom. The lowest BCUT2D eigenvalue weighted by molar-refractivity contribution is 0.255. The van der Waals surface area contributed by atoms with Crippen molar-refractivity contribution in [1.29, 1.82) is 0 Å². The number of carbonyl (C=O) groups is 1. The molecule has 0 bridgehead atoms. The first-order valence-corrected chi connectivity index (χ1v) is 6.17. The lowest BCUT2D eigenvalue weighted by atomic mass is 9.97. The third kappa shape index (κ3) is 5.23. The van der Waals surface area contributed by atoms with Crippen LogP contribution in [0.5, 0.6) is 0 Å². The highest BCUT2D eigenvalue weighted by molar-refractivity contribution is 6.31. The molecule has 1 aromatic carbocycles. The van der Waals surface area contributed by atoms with Crippen LogP contribution in [0.4, 0.5) is 10.5 Å². The van der Waals surface area contributed by atoms with Gasteiger partial charge in [-0.25, -0.2) is 4.79 Å². The number of benzene rings is 1. The Balaban J connectivity index is 2.55. The maximum Gasteiger partial charge on any atom is 0.323 e. The molecule has 1 aromatic rings. The van der Waals surface area contributed by atoms with Gasteiger partial charge in [0.15, 0.2) is 0 Å². The number of hydrogen-bond donors (Lipinski definition) is 2. The van der Waals surface area contributed by atoms with E-state index in [9.17, 15) is 4.79 Å². The number of rotatable bonds is 2. The molecule has 1 rings (SSSR count). The van der Waals surface area contributed by atoms with E-state index in [1.807, 2.05) is 25.1 Å². The van der Waals surface area contributed by atoms with E-state index in [0.29, 0.717) is 10.7 Å². The largest absolute Gasteiger partial charge is 0.323 e. The minimum Gasteiger partial charge on any atom is -0.315 e. The van der Waals surface area contributed by atoms with Gasteiger partial charge in [0, 0.05) is 16.9 Å². The zero-order valence-corrected chi connectivity index (χ0v) is 11.9. The number of hydrogen-bond acceptors (Lipinski definition) is 1. The monoisotopic (exact) mass is 266 g/mol. The molecule has 0 radical (unpaired) electrons. The highest BCUT2D eigenvalue weighted by Gasteiger charge is 2.05. The van der Waals surface area contributed by atoms with Gasteiger partial charge in [0.25, 0.3) is 0 Å². The maximum atomic E-state index is 11.6. The van der Waals surface area contributed by atoms with Crippen LogP contribution in [0, 0.1) is 12.3 Å². The molecule has 0 heterocycles. The first kappa shape index (κ1) is 14.6. The molecular weight excluding hydrogens is 248 g/mol. The summed E-state index contributed by atoms with van der Waals surface area (Å²) in [6, 6.07) is 5.12. The van der Waals surface area contributed by atoms with Crippen LogP contribution < -0.4 is 10.6 Å². The van der Waals surface area contributed by atoms with E-state index < -0.39 is 0 Å². The van der Waals surface area contributed by atoms with Gasteiger partial charge < -0.3 is 10.6 Å². The van der Waals surface area contributed by atoms with E-state index in [2.05, 4.69) is 31.4 Å². The van der Waals surface area contributed by atoms with Crippen molar-refractivity contribution in [3.63, 3.8) is 0 Å². The van der Waals surface area contributed by atoms with Crippen molar-refractivity contribution >= 4 is 23.3 Å². The van der Waals surface area contributed by atoms with Gasteiger partial charge in [0.1, 0.15) is 0 Å². The van der Waals surface area contributed by atoms with Crippen molar-refractivity contribution in [3.05, 3.63) is 41.1 Å². The Labute approximate surface area is 113 Å². The summed E-state index contributed by atoms with van der Waals surface area (Å²) in [7, 11) is 0. The summed E-state index contributed by atoms with van der Waals surface area (Å²) in [4.78, 5) is 11.6. The Kier molecular flexibility index (Phi) is 4.79. The second kappa shape index (κ2) is 5.91. The van der Waals surface area contributed by atoms with Gasteiger partial charge in [0.2, 0.25) is 0 Å². The third-order valence-corrected chi connectivity index (χ3v) is 2.63. The molecule has 0 aromatic heterocycles. The van der Waals surface area contributed by atoms with Crippen molar-refractivity contribution in [2.45, 2.75) is 27.7 Å². The first-order valence-electron chi connectivity index (χ1n) is 5.79. The van der Waals surface area contributed by atoms with Gasteiger partial charge in [-0.05, 0) is 30.0 Å². The number of anilines is 1. The second-order valence-electron chi connectivity index (χ2n) is 5.26. The maximum absolute atomic E-state index is 11.6. The van der Waals surface area contributed by atoms with Crippen molar-refractivity contribution in [2.75, 3.05) is 5.32 Å². The Hall–Kier alpha value is -1.48. The van der Waals surface area contributed by atoms with Crippen molar-refractivity contribution in [1.82, 2.24) is 5.32 Å². The van der Waals surface area contributed by atoms with Crippen molar-refractivity contribution in [3.8, 4) is 0 Å². The van der Waals surface area contributed by atoms with E-state index in [4.69, 9.17) is 11.6 Å². The number of allylic oxidation sites excluding steroid dienone is 1. The van der Waals surface area contributed by atoms with Gasteiger partial charge in [-0.1, -0.05) is 44.5 Å². The Morgan fingerprint density at radius 2 is 2.00 bits per heavy atom. The molecule has 0 fully saturated rings. The zero-order chi connectivity index (χ0) is 13.8. The third-order valence-electron chi connectivity index (χ3n) is 2.23. The predicted octanol–water partition coefficient (Wildman–Crippen LogP) is 4.33. The van der Waals surface area contributed by atoms with E-state index >= 15 is 0 Å². The van der Waals surface area contributed by atoms with Crippen molar-refractivity contribution in [2.24, 2.45) is 5.41 Å². The molecule has 0 unspecified atom stereocenters. The van der Waals surface area contributed by atoms with Crippen molar-refractivity contribution < 1.29 is 4.79 Å². The van der Waals surface area contributed by atoms with Gasteiger partial charge in [0.05, 0.1) is 0 Å². The summed E-state index contributed by atoms with van der Waals surface area (Å²) in [6.07, 6.45) is 3.57. The van der Waals surface area contributed by atoms with Crippen LogP contribution in [-0.2, 0) is 0 Å². The fourth-order valence-electron chi connectivity index (χ4n) is 1.21. The number of amides is 2. The summed E-state index contributed by atoms with van der Waals surface area (Å²) in [5.41, 5.74) is 1.70. The fraction of sp³-hybridized carbons (Fsp3) is 0.357. The average molecular weight is 267 g/mol. The lowest BCUT2D eigenvalue weighted by Gasteiger charge is -2.11. The molecule has 4 heteroatoms. The van der Waals surface area contributed by atoms with Gasteiger partial charge in [-0.15, -0.1) is 0 Å². The molecule has 0 saturated carbocycles. The number of urea groups is 1. The van der Waals surface area contributed by atoms with Crippen LogP contribution >= 0.6 is 11.6 Å². The molecule has 2 N–H and O–H groups in total. The quantitative estimate of drug-likeness (QED) is 0.822. The SMILES string of the molecule is Cc1ccc(NC(=O)N/C=C/C(C)(C)C)cc1Cl. The van der Waals surface area contributed by atoms with Gasteiger partial charge in [-0.3, -0.25) is 0 Å². The molecule has 98 valence electrons. The van der Waals surface area contributed by atoms with Crippen LogP contribution in [0.3, 0.4) is 0 Å². The smallest absolute Gasteiger partial charge is 0.315 e. The number of nitrogens with one attached hydrogen (secondary N) is 2. The van der Waals surface area contributed by atoms with E-state index in [1.54, 1.807) is 12.3 Å². The molecule has 0 spiro atoms. The molecule has 0 aliphatic carbocycles. The topological polar surface area (TPSA) is 41.1 Å². The normalized spacial score (nSPS) is 11.6. The molecule has 0 atom stereocenters. The number of halogens is 1. The first-order chi connectivity index (χ1) is 8.28. The average Bonchev–Trinajstić information content (AvgIpc) is 2.21. The van der Waals surface area contributed by atoms with Gasteiger partial charge in [-0.2, -0.15) is 0 Å². The second-order valence-corrected chi connectivity index (χ2v) is 5.67. The summed E-state index contributed by atoms with van der Waals surface area (Å²) >= 11 is 5.98. The summed E-state index contributed by atoms with van der Waals surface area (Å²) in [6.45, 7) is 8.09. The molecule has 0 aliphatic heterocycles. The Morgan fingerprint density at radius 3 is 2.56 bits per heavy atom. The number of carbonyl (C=O) groups excluding carboxylic acids is 1. The summed E-state index contributed by atoms with van der Waals surface area (Å²) in [5, 5.41) is 6.00. The van der Waals surface area contributed by atoms with Crippen LogP contribution in [0.2, 0.25) is 5.02 Å². The molecule has 2 amide bonds. The van der Waals surface area contributed by atoms with Gasteiger partial charge >= 0.3 is 6.03 Å². The zero-order valence-electron chi connectivity index (χ0n) is 11.2. The van der Waals surface area contributed by atoms with E-state index in [0.717, 1.165) is 5.56 Å². The molecular formula is C14H19ClN2O. The summed E-state index contributed by atoms with van der Waals surface area (Å²) in [5.74, 6) is 0. The Bertz CT molecular complexity index is 461. The number of aryl methyl sites for hydroxylation is 1. The van der Waals surface area contributed by atoms with E-state index in [1.165, 1.54) is 0 Å². The molecule has 18 heavy (non-hydrogen) atoms. The lowest BCUT2D eigenvalue weighted by Crippen LogP contribution is -2.24.